The number of aryl methyl sites for hydroxylation is 1. The van der Waals surface area contributed by atoms with Crippen LogP contribution < -0.4 is 5.43 Å². The predicted molar refractivity (Wildman–Crippen MR) is 125 cm³/mol. The quantitative estimate of drug-likeness (QED) is 0.216. The second-order valence-corrected chi connectivity index (χ2v) is 9.73. The van der Waals surface area contributed by atoms with E-state index in [1.165, 1.54) is 47.5 Å². The number of carbonyl (C=O) groups excluding carboxylic acids is 2. The van der Waals surface area contributed by atoms with Gasteiger partial charge in [-0.3, -0.25) is 4.79 Å². The Kier molecular flexibility index (Phi) is 8.63. The maximum atomic E-state index is 12.0. The first-order valence-electron chi connectivity index (χ1n) is 9.18. The number of aromatic nitrogens is 2. The van der Waals surface area contributed by atoms with Gasteiger partial charge < -0.3 is 4.74 Å². The van der Waals surface area contributed by atoms with Crippen LogP contribution in [0.4, 0.5) is 0 Å². The van der Waals surface area contributed by atoms with Gasteiger partial charge in [-0.25, -0.2) is 10.2 Å². The number of nitrogens with zero attached hydrogens (tertiary/aromatic N) is 3. The minimum Gasteiger partial charge on any atom is -0.465 e. The van der Waals surface area contributed by atoms with Gasteiger partial charge in [-0.15, -0.1) is 10.2 Å². The van der Waals surface area contributed by atoms with E-state index >= 15 is 0 Å². The number of esters is 1. The van der Waals surface area contributed by atoms with Crippen LogP contribution >= 0.6 is 34.9 Å². The van der Waals surface area contributed by atoms with E-state index in [1.807, 2.05) is 0 Å². The Labute approximate surface area is 192 Å². The summed E-state index contributed by atoms with van der Waals surface area (Å²) in [7, 11) is 1.33. The van der Waals surface area contributed by atoms with Gasteiger partial charge in [0.15, 0.2) is 8.68 Å². The molecule has 7 nitrogen and oxygen atoms in total. The zero-order chi connectivity index (χ0) is 22.1. The summed E-state index contributed by atoms with van der Waals surface area (Å²) in [6, 6.07) is 15.1. The highest BCUT2D eigenvalue weighted by Crippen LogP contribution is 2.30. The van der Waals surface area contributed by atoms with E-state index in [0.717, 1.165) is 20.0 Å². The molecule has 10 heteroatoms. The Morgan fingerprint density at radius 1 is 1.06 bits per heavy atom. The Bertz CT molecular complexity index is 1050. The lowest BCUT2D eigenvalue weighted by molar-refractivity contribution is -0.118. The van der Waals surface area contributed by atoms with E-state index in [-0.39, 0.29) is 11.7 Å². The molecule has 0 aliphatic heterocycles. The normalized spacial score (nSPS) is 10.9. The van der Waals surface area contributed by atoms with Crippen molar-refractivity contribution in [3.8, 4) is 0 Å². The molecule has 0 fully saturated rings. The maximum absolute atomic E-state index is 12.0. The number of nitrogens with one attached hydrogen (secondary N) is 1. The van der Waals surface area contributed by atoms with Crippen LogP contribution in [0.5, 0.6) is 0 Å². The van der Waals surface area contributed by atoms with Crippen LogP contribution in [-0.4, -0.2) is 41.2 Å². The molecule has 0 saturated carbocycles. The van der Waals surface area contributed by atoms with Gasteiger partial charge >= 0.3 is 5.97 Å². The molecule has 0 aliphatic carbocycles. The molecule has 1 amide bonds. The maximum Gasteiger partial charge on any atom is 0.337 e. The standard InChI is InChI=1S/C21H20N4O3S3/c1-14-3-5-16(6-4-14)12-29-20-24-25-21(31-20)30-13-18(26)23-22-11-15-7-9-17(10-8-15)19(27)28-2/h3-11H,12-13H2,1-2H3,(H,23,26)/b22-11-. The number of amides is 1. The van der Waals surface area contributed by atoms with Crippen molar-refractivity contribution in [2.24, 2.45) is 5.10 Å². The summed E-state index contributed by atoms with van der Waals surface area (Å²) in [6.07, 6.45) is 1.51. The molecule has 0 unspecified atom stereocenters. The number of hydrogen-bond acceptors (Lipinski definition) is 9. The monoisotopic (exact) mass is 472 g/mol. The molecule has 1 aromatic heterocycles. The summed E-state index contributed by atoms with van der Waals surface area (Å²) in [5.74, 6) is 0.379. The number of thioether (sulfide) groups is 2. The summed E-state index contributed by atoms with van der Waals surface area (Å²) in [4.78, 5) is 23.4. The fraction of sp³-hybridized carbons (Fsp3) is 0.190. The van der Waals surface area contributed by atoms with E-state index < -0.39 is 5.97 Å². The molecule has 2 aromatic carbocycles. The van der Waals surface area contributed by atoms with Gasteiger partial charge in [-0.1, -0.05) is 76.8 Å². The first-order chi connectivity index (χ1) is 15.0. The molecule has 0 saturated heterocycles. The summed E-state index contributed by atoms with van der Waals surface area (Å²) in [6.45, 7) is 2.07. The molecule has 1 N–H and O–H groups in total. The summed E-state index contributed by atoms with van der Waals surface area (Å²) >= 11 is 4.42. The zero-order valence-corrected chi connectivity index (χ0v) is 19.4. The SMILES string of the molecule is COC(=O)c1ccc(/C=N\NC(=O)CSc2nnc(SCc3ccc(C)cc3)s2)cc1. The number of ether oxygens (including phenoxy) is 1. The Morgan fingerprint density at radius 2 is 1.74 bits per heavy atom. The Morgan fingerprint density at radius 3 is 2.42 bits per heavy atom. The molecule has 160 valence electrons. The third-order valence-electron chi connectivity index (χ3n) is 3.93. The topological polar surface area (TPSA) is 93.5 Å². The van der Waals surface area contributed by atoms with E-state index in [0.29, 0.717) is 5.56 Å². The van der Waals surface area contributed by atoms with Gasteiger partial charge in [0.1, 0.15) is 0 Å². The summed E-state index contributed by atoms with van der Waals surface area (Å²) in [5.41, 5.74) is 6.15. The third-order valence-corrected chi connectivity index (χ3v) is 7.19. The second kappa shape index (κ2) is 11.6. The van der Waals surface area contributed by atoms with Gasteiger partial charge in [0, 0.05) is 5.75 Å². The van der Waals surface area contributed by atoms with Crippen molar-refractivity contribution >= 4 is 53.0 Å². The number of hydrazone groups is 1. The summed E-state index contributed by atoms with van der Waals surface area (Å²) < 4.78 is 6.26. The predicted octanol–water partition coefficient (Wildman–Crippen LogP) is 4.17. The van der Waals surface area contributed by atoms with Crippen LogP contribution in [0, 0.1) is 6.92 Å². The van der Waals surface area contributed by atoms with E-state index in [9.17, 15) is 9.59 Å². The molecule has 1 heterocycles. The van der Waals surface area contributed by atoms with Crippen LogP contribution in [0.15, 0.2) is 62.3 Å². The zero-order valence-electron chi connectivity index (χ0n) is 16.9. The number of carbonyl (C=O) groups is 2. The largest absolute Gasteiger partial charge is 0.465 e. The van der Waals surface area contributed by atoms with Crippen LogP contribution in [0.25, 0.3) is 0 Å². The molecule has 0 spiro atoms. The Hall–Kier alpha value is -2.69. The van der Waals surface area contributed by atoms with E-state index in [2.05, 4.69) is 56.7 Å². The van der Waals surface area contributed by atoms with Gasteiger partial charge in [0.05, 0.1) is 24.6 Å². The van der Waals surface area contributed by atoms with Crippen LogP contribution in [0.3, 0.4) is 0 Å². The molecule has 3 aromatic rings. The van der Waals surface area contributed by atoms with Crippen LogP contribution in [0.1, 0.15) is 27.0 Å². The summed E-state index contributed by atoms with van der Waals surface area (Å²) in [5, 5.41) is 12.2. The van der Waals surface area contributed by atoms with Crippen LogP contribution in [-0.2, 0) is 15.3 Å². The van der Waals surface area contributed by atoms with Crippen molar-refractivity contribution in [3.05, 3.63) is 70.8 Å². The lowest BCUT2D eigenvalue weighted by Crippen LogP contribution is -2.19. The fourth-order valence-electron chi connectivity index (χ4n) is 2.30. The van der Waals surface area contributed by atoms with Gasteiger partial charge in [-0.05, 0) is 30.2 Å². The first kappa shape index (κ1) is 23.0. The highest BCUT2D eigenvalue weighted by Gasteiger charge is 2.09. The minimum atomic E-state index is -0.401. The van der Waals surface area contributed by atoms with Gasteiger partial charge in [0.25, 0.3) is 5.91 Å². The van der Waals surface area contributed by atoms with Gasteiger partial charge in [0.2, 0.25) is 0 Å². The lowest BCUT2D eigenvalue weighted by atomic mass is 10.1. The van der Waals surface area contributed by atoms with Crippen molar-refractivity contribution in [3.63, 3.8) is 0 Å². The molecule has 0 atom stereocenters. The number of rotatable bonds is 9. The van der Waals surface area contributed by atoms with Gasteiger partial charge in [-0.2, -0.15) is 5.10 Å². The molecular weight excluding hydrogens is 452 g/mol. The van der Waals surface area contributed by atoms with Crippen molar-refractivity contribution < 1.29 is 14.3 Å². The number of benzene rings is 2. The molecule has 0 radical (unpaired) electrons. The smallest absolute Gasteiger partial charge is 0.337 e. The van der Waals surface area contributed by atoms with Crippen molar-refractivity contribution in [1.82, 2.24) is 15.6 Å². The third kappa shape index (κ3) is 7.50. The molecule has 0 aliphatic rings. The van der Waals surface area contributed by atoms with E-state index in [4.69, 9.17) is 0 Å². The fourth-order valence-corrected chi connectivity index (χ4v) is 5.07. The second-order valence-electron chi connectivity index (χ2n) is 6.30. The average Bonchev–Trinajstić information content (AvgIpc) is 3.25. The van der Waals surface area contributed by atoms with Crippen molar-refractivity contribution in [2.45, 2.75) is 21.4 Å². The van der Waals surface area contributed by atoms with E-state index in [1.54, 1.807) is 36.0 Å². The molecule has 0 bridgehead atoms. The number of methoxy groups -OCH3 is 1. The van der Waals surface area contributed by atoms with Crippen molar-refractivity contribution in [1.29, 1.82) is 0 Å². The molecule has 3 rings (SSSR count). The molecular formula is C21H20N4O3S3. The first-order valence-corrected chi connectivity index (χ1v) is 12.0. The highest BCUT2D eigenvalue weighted by molar-refractivity contribution is 8.03. The highest BCUT2D eigenvalue weighted by atomic mass is 32.2. The minimum absolute atomic E-state index is 0.190. The van der Waals surface area contributed by atoms with Crippen LogP contribution in [0.2, 0.25) is 0 Å². The molecule has 31 heavy (non-hydrogen) atoms. The van der Waals surface area contributed by atoms with Crippen molar-refractivity contribution in [2.75, 3.05) is 12.9 Å². The lowest BCUT2D eigenvalue weighted by Gasteiger charge is -2.00. The Balaban J connectivity index is 1.40. The average molecular weight is 473 g/mol. The number of hydrogen-bond donors (Lipinski definition) is 1.